The van der Waals surface area contributed by atoms with Gasteiger partial charge in [0, 0.05) is 12.6 Å². The predicted molar refractivity (Wildman–Crippen MR) is 68.9 cm³/mol. The predicted octanol–water partition coefficient (Wildman–Crippen LogP) is 3.90. The Morgan fingerprint density at radius 2 is 1.72 bits per heavy atom. The van der Waals surface area contributed by atoms with Crippen molar-refractivity contribution < 1.29 is 8.78 Å². The van der Waals surface area contributed by atoms with Gasteiger partial charge in [0.25, 0.3) is 0 Å². The fourth-order valence-electron chi connectivity index (χ4n) is 3.15. The van der Waals surface area contributed by atoms with Gasteiger partial charge in [-0.2, -0.15) is 0 Å². The molecule has 1 spiro atoms. The van der Waals surface area contributed by atoms with E-state index in [2.05, 4.69) is 10.6 Å². The molecule has 2 nitrogen and oxygen atoms in total. The Bertz CT molecular complexity index is 451. The Hall–Kier alpha value is -1.32. The zero-order valence-corrected chi connectivity index (χ0v) is 10.4. The molecule has 1 fully saturated rings. The highest BCUT2D eigenvalue weighted by atomic mass is 19.1. The van der Waals surface area contributed by atoms with Crippen LogP contribution in [0.15, 0.2) is 12.1 Å². The molecule has 3 rings (SSSR count). The Morgan fingerprint density at radius 1 is 1.00 bits per heavy atom. The van der Waals surface area contributed by atoms with Crippen LogP contribution in [0.4, 0.5) is 20.2 Å². The zero-order chi connectivity index (χ0) is 12.6. The number of halogens is 2. The fraction of sp³-hybridized carbons (Fsp3) is 0.571. The summed E-state index contributed by atoms with van der Waals surface area (Å²) < 4.78 is 26.9. The molecular weight excluding hydrogens is 234 g/mol. The Labute approximate surface area is 106 Å². The van der Waals surface area contributed by atoms with Gasteiger partial charge in [-0.05, 0) is 18.9 Å². The normalized spacial score (nSPS) is 21.7. The lowest BCUT2D eigenvalue weighted by Gasteiger charge is -2.40. The van der Waals surface area contributed by atoms with Crippen molar-refractivity contribution in [1.29, 1.82) is 0 Å². The van der Waals surface area contributed by atoms with Crippen molar-refractivity contribution >= 4 is 11.4 Å². The van der Waals surface area contributed by atoms with E-state index in [-0.39, 0.29) is 5.54 Å². The first-order chi connectivity index (χ1) is 8.69. The van der Waals surface area contributed by atoms with Crippen LogP contribution in [-0.2, 0) is 0 Å². The summed E-state index contributed by atoms with van der Waals surface area (Å²) in [6.07, 6.45) is 7.01. The van der Waals surface area contributed by atoms with Gasteiger partial charge >= 0.3 is 0 Å². The number of fused-ring (bicyclic) bond motifs is 1. The summed E-state index contributed by atoms with van der Waals surface area (Å²) in [5, 5.41) is 6.53. The van der Waals surface area contributed by atoms with Crippen LogP contribution in [0.25, 0.3) is 0 Å². The molecule has 0 bridgehead atoms. The highest BCUT2D eigenvalue weighted by Crippen LogP contribution is 2.38. The number of benzene rings is 1. The molecule has 0 unspecified atom stereocenters. The molecule has 1 aromatic carbocycles. The number of nitrogens with one attached hydrogen (secondary N) is 2. The van der Waals surface area contributed by atoms with Crippen LogP contribution < -0.4 is 10.6 Å². The first-order valence-corrected chi connectivity index (χ1v) is 6.70. The van der Waals surface area contributed by atoms with Crippen molar-refractivity contribution in [3.63, 3.8) is 0 Å². The lowest BCUT2D eigenvalue weighted by atomic mass is 9.87. The Morgan fingerprint density at radius 3 is 2.44 bits per heavy atom. The molecule has 2 N–H and O–H groups in total. The molecule has 2 aliphatic rings. The van der Waals surface area contributed by atoms with E-state index in [1.54, 1.807) is 0 Å². The van der Waals surface area contributed by atoms with Crippen molar-refractivity contribution in [1.82, 2.24) is 0 Å². The second kappa shape index (κ2) is 4.41. The van der Waals surface area contributed by atoms with E-state index in [9.17, 15) is 8.78 Å². The van der Waals surface area contributed by atoms with Crippen molar-refractivity contribution in [2.45, 2.75) is 44.1 Å². The molecule has 98 valence electrons. The summed E-state index contributed by atoms with van der Waals surface area (Å²) in [5.41, 5.74) is 0.955. The minimum atomic E-state index is -0.522. The monoisotopic (exact) mass is 252 g/mol. The zero-order valence-electron chi connectivity index (χ0n) is 10.4. The second-order valence-corrected chi connectivity index (χ2v) is 5.48. The maximum atomic E-state index is 13.6. The largest absolute Gasteiger partial charge is 0.379 e. The van der Waals surface area contributed by atoms with Gasteiger partial charge in [-0.15, -0.1) is 0 Å². The summed E-state index contributed by atoms with van der Waals surface area (Å²) in [7, 11) is 0. The van der Waals surface area contributed by atoms with Gasteiger partial charge in [-0.1, -0.05) is 25.7 Å². The van der Waals surface area contributed by atoms with Gasteiger partial charge in [-0.3, -0.25) is 0 Å². The van der Waals surface area contributed by atoms with Crippen LogP contribution in [0.3, 0.4) is 0 Å². The van der Waals surface area contributed by atoms with E-state index in [0.29, 0.717) is 11.4 Å². The molecule has 0 aromatic heterocycles. The van der Waals surface area contributed by atoms with E-state index in [1.807, 2.05) is 0 Å². The van der Waals surface area contributed by atoms with Crippen LogP contribution in [0.1, 0.15) is 38.5 Å². The number of hydrogen-bond acceptors (Lipinski definition) is 2. The second-order valence-electron chi connectivity index (χ2n) is 5.48. The van der Waals surface area contributed by atoms with E-state index >= 15 is 0 Å². The minimum Gasteiger partial charge on any atom is -0.379 e. The first-order valence-electron chi connectivity index (χ1n) is 6.70. The Balaban J connectivity index is 1.91. The molecule has 1 aliphatic heterocycles. The lowest BCUT2D eigenvalue weighted by Crippen LogP contribution is -2.47. The van der Waals surface area contributed by atoms with Gasteiger partial charge in [0.2, 0.25) is 0 Å². The Kier molecular flexibility index (Phi) is 2.88. The van der Waals surface area contributed by atoms with Gasteiger partial charge in [-0.25, -0.2) is 8.78 Å². The average molecular weight is 252 g/mol. The van der Waals surface area contributed by atoms with Crippen molar-refractivity contribution in [2.24, 2.45) is 0 Å². The number of hydrogen-bond donors (Lipinski definition) is 2. The smallest absolute Gasteiger partial charge is 0.151 e. The van der Waals surface area contributed by atoms with Crippen LogP contribution in [0.2, 0.25) is 0 Å². The number of anilines is 2. The standard InChI is InChI=1S/C14H18F2N2/c15-10-7-11(16)13-12(8-10)18-14(9-17-13)5-3-1-2-4-6-14/h7-8,17-18H,1-6,9H2. The topological polar surface area (TPSA) is 24.1 Å². The summed E-state index contributed by atoms with van der Waals surface area (Å²) in [6, 6.07) is 2.32. The molecule has 1 heterocycles. The van der Waals surface area contributed by atoms with Crippen molar-refractivity contribution in [3.8, 4) is 0 Å². The SMILES string of the molecule is Fc1cc(F)c2c(c1)NC1(CCCCCC1)CN2. The molecule has 0 saturated heterocycles. The maximum absolute atomic E-state index is 13.6. The summed E-state index contributed by atoms with van der Waals surface area (Å²) in [5.74, 6) is -1.04. The van der Waals surface area contributed by atoms with Crippen LogP contribution in [0, 0.1) is 11.6 Å². The van der Waals surface area contributed by atoms with Crippen LogP contribution in [-0.4, -0.2) is 12.1 Å². The van der Waals surface area contributed by atoms with E-state index in [4.69, 9.17) is 0 Å². The van der Waals surface area contributed by atoms with Gasteiger partial charge in [0.05, 0.1) is 16.9 Å². The van der Waals surface area contributed by atoms with Crippen LogP contribution in [0.5, 0.6) is 0 Å². The third-order valence-corrected chi connectivity index (χ3v) is 4.12. The van der Waals surface area contributed by atoms with Gasteiger partial charge in [0.1, 0.15) is 5.82 Å². The van der Waals surface area contributed by atoms with Crippen molar-refractivity contribution in [2.75, 3.05) is 17.2 Å². The van der Waals surface area contributed by atoms with E-state index < -0.39 is 11.6 Å². The first kappa shape index (κ1) is 11.8. The minimum absolute atomic E-state index is 0.0241. The van der Waals surface area contributed by atoms with Gasteiger partial charge in [0.15, 0.2) is 5.82 Å². The van der Waals surface area contributed by atoms with Crippen molar-refractivity contribution in [3.05, 3.63) is 23.8 Å². The van der Waals surface area contributed by atoms with Crippen LogP contribution >= 0.6 is 0 Å². The molecular formula is C14H18F2N2. The molecule has 0 atom stereocenters. The highest BCUT2D eigenvalue weighted by Gasteiger charge is 2.35. The average Bonchev–Trinajstić information content (AvgIpc) is 2.54. The van der Waals surface area contributed by atoms with E-state index in [1.165, 1.54) is 31.7 Å². The maximum Gasteiger partial charge on any atom is 0.151 e. The molecule has 0 amide bonds. The molecule has 18 heavy (non-hydrogen) atoms. The lowest BCUT2D eigenvalue weighted by molar-refractivity contribution is 0.420. The summed E-state index contributed by atoms with van der Waals surface area (Å²) in [6.45, 7) is 0.725. The fourth-order valence-corrected chi connectivity index (χ4v) is 3.15. The molecule has 1 saturated carbocycles. The summed E-state index contributed by atoms with van der Waals surface area (Å²) in [4.78, 5) is 0. The quantitative estimate of drug-likeness (QED) is 0.732. The third kappa shape index (κ3) is 2.04. The molecule has 4 heteroatoms. The summed E-state index contributed by atoms with van der Waals surface area (Å²) >= 11 is 0. The number of rotatable bonds is 0. The molecule has 1 aliphatic carbocycles. The van der Waals surface area contributed by atoms with Gasteiger partial charge < -0.3 is 10.6 Å². The third-order valence-electron chi connectivity index (χ3n) is 4.12. The highest BCUT2D eigenvalue weighted by molar-refractivity contribution is 5.73. The molecule has 1 aromatic rings. The molecule has 0 radical (unpaired) electrons. The van der Waals surface area contributed by atoms with E-state index in [0.717, 1.165) is 25.5 Å².